The van der Waals surface area contributed by atoms with Crippen molar-refractivity contribution in [3.63, 3.8) is 0 Å². The molecule has 0 aromatic heterocycles. The van der Waals surface area contributed by atoms with Gasteiger partial charge in [-0.25, -0.2) is 0 Å². The molecular weight excluding hydrogens is 256 g/mol. The fourth-order valence-electron chi connectivity index (χ4n) is 1.27. The summed E-state index contributed by atoms with van der Waals surface area (Å²) in [6.45, 7) is 4.42. The number of rotatable bonds is 5. The molecule has 0 saturated heterocycles. The summed E-state index contributed by atoms with van der Waals surface area (Å²) >= 11 is 5.60. The average molecular weight is 273 g/mol. The lowest BCUT2D eigenvalue weighted by Crippen LogP contribution is -1.88. The van der Waals surface area contributed by atoms with E-state index in [2.05, 4.69) is 54.0 Å². The van der Waals surface area contributed by atoms with E-state index >= 15 is 0 Å². The smallest absolute Gasteiger partial charge is 0.0378 e. The van der Waals surface area contributed by atoms with Crippen LogP contribution in [0.1, 0.15) is 37.1 Å². The number of hydrogen-bond donors (Lipinski definition) is 0. The van der Waals surface area contributed by atoms with Crippen molar-refractivity contribution in [1.82, 2.24) is 0 Å². The largest absolute Gasteiger partial charge is 0.126 e. The summed E-state index contributed by atoms with van der Waals surface area (Å²) in [5.74, 6) is 1.23. The monoisotopic (exact) mass is 272 g/mol. The third-order valence-electron chi connectivity index (χ3n) is 2.10. The molecule has 0 saturated carbocycles. The molecule has 0 N–H and O–H groups in total. The molecule has 0 radical (unpaired) electrons. The molecule has 1 rings (SSSR count). The Morgan fingerprint density at radius 1 is 1.36 bits per heavy atom. The Morgan fingerprint density at radius 3 is 2.71 bits per heavy atom. The quantitative estimate of drug-likeness (QED) is 0.411. The number of hydrogen-bond acceptors (Lipinski definition) is 1. The highest BCUT2D eigenvalue weighted by atomic mass is 79.9. The van der Waals surface area contributed by atoms with Gasteiger partial charge in [-0.3, -0.25) is 0 Å². The summed E-state index contributed by atoms with van der Waals surface area (Å²) in [4.78, 5) is 1.87. The van der Waals surface area contributed by atoms with Crippen molar-refractivity contribution < 1.29 is 0 Å². The third kappa shape index (κ3) is 3.66. The molecule has 0 bridgehead atoms. The molecule has 2 heteroatoms. The van der Waals surface area contributed by atoms with E-state index in [-0.39, 0.29) is 0 Å². The first-order valence-corrected chi connectivity index (χ1v) is 7.01. The van der Waals surface area contributed by atoms with Crippen molar-refractivity contribution in [2.75, 3.05) is 5.75 Å². The first-order valence-electron chi connectivity index (χ1n) is 5.11. The third-order valence-corrected chi connectivity index (χ3v) is 3.77. The Kier molecular flexibility index (Phi) is 5.64. The Hall–Kier alpha value is 0.0500. The van der Waals surface area contributed by atoms with Gasteiger partial charge in [-0.05, 0) is 30.7 Å². The van der Waals surface area contributed by atoms with Crippen molar-refractivity contribution in [1.29, 1.82) is 0 Å². The fraction of sp³-hybridized carbons (Fsp3) is 0.500. The van der Waals surface area contributed by atoms with Crippen LogP contribution in [-0.4, -0.2) is 5.75 Å². The minimum absolute atomic E-state index is 0.452. The standard InChI is InChI=1S/C12H17BrS/c1-3-4-9-14-12-8-6-5-7-11(12)10(2)13/h5-8,10H,3-4,9H2,1-2H3. The number of benzene rings is 1. The Balaban J connectivity index is 2.64. The van der Waals surface area contributed by atoms with Crippen molar-refractivity contribution in [3.8, 4) is 0 Å². The minimum Gasteiger partial charge on any atom is -0.126 e. The van der Waals surface area contributed by atoms with Crippen LogP contribution < -0.4 is 0 Å². The van der Waals surface area contributed by atoms with Gasteiger partial charge in [-0.2, -0.15) is 0 Å². The van der Waals surface area contributed by atoms with Crippen molar-refractivity contribution >= 4 is 27.7 Å². The Labute approximate surface area is 99.6 Å². The second-order valence-corrected chi connectivity index (χ2v) is 5.87. The average Bonchev–Trinajstić information content (AvgIpc) is 2.19. The molecule has 14 heavy (non-hydrogen) atoms. The molecule has 0 fully saturated rings. The van der Waals surface area contributed by atoms with Crippen molar-refractivity contribution in [3.05, 3.63) is 29.8 Å². The van der Waals surface area contributed by atoms with Gasteiger partial charge < -0.3 is 0 Å². The van der Waals surface area contributed by atoms with Crippen LogP contribution in [0.3, 0.4) is 0 Å². The lowest BCUT2D eigenvalue weighted by molar-refractivity contribution is 0.895. The summed E-state index contributed by atoms with van der Waals surface area (Å²) in [7, 11) is 0. The second-order valence-electron chi connectivity index (χ2n) is 3.36. The maximum Gasteiger partial charge on any atom is 0.0378 e. The van der Waals surface area contributed by atoms with Gasteiger partial charge in [0, 0.05) is 9.72 Å². The van der Waals surface area contributed by atoms with Crippen LogP contribution in [0.4, 0.5) is 0 Å². The summed E-state index contributed by atoms with van der Waals surface area (Å²) in [6.07, 6.45) is 2.58. The molecule has 0 nitrogen and oxygen atoms in total. The van der Waals surface area contributed by atoms with Gasteiger partial charge in [0.25, 0.3) is 0 Å². The van der Waals surface area contributed by atoms with Crippen LogP contribution in [0.25, 0.3) is 0 Å². The first-order chi connectivity index (χ1) is 6.75. The predicted molar refractivity (Wildman–Crippen MR) is 69.4 cm³/mol. The number of thioether (sulfide) groups is 1. The molecule has 1 unspecified atom stereocenters. The number of alkyl halides is 1. The van der Waals surface area contributed by atoms with Gasteiger partial charge >= 0.3 is 0 Å². The van der Waals surface area contributed by atoms with Crippen LogP contribution >= 0.6 is 27.7 Å². The van der Waals surface area contributed by atoms with Gasteiger partial charge in [0.15, 0.2) is 0 Å². The zero-order valence-corrected chi connectivity index (χ0v) is 11.2. The van der Waals surface area contributed by atoms with E-state index in [9.17, 15) is 0 Å². The maximum absolute atomic E-state index is 3.63. The zero-order valence-electron chi connectivity index (χ0n) is 8.79. The molecule has 78 valence electrons. The molecule has 1 atom stereocenters. The van der Waals surface area contributed by atoms with Crippen LogP contribution in [0.2, 0.25) is 0 Å². The highest BCUT2D eigenvalue weighted by molar-refractivity contribution is 9.09. The molecule has 0 amide bonds. The topological polar surface area (TPSA) is 0 Å². The van der Waals surface area contributed by atoms with Gasteiger partial charge in [0.05, 0.1) is 0 Å². The number of halogens is 1. The molecule has 0 spiro atoms. The molecule has 1 aromatic rings. The predicted octanol–water partition coefficient (Wildman–Crippen LogP) is 5.03. The van der Waals surface area contributed by atoms with E-state index in [1.807, 2.05) is 11.8 Å². The van der Waals surface area contributed by atoms with E-state index in [1.54, 1.807) is 0 Å². The maximum atomic E-state index is 3.63. The van der Waals surface area contributed by atoms with Crippen LogP contribution in [0.5, 0.6) is 0 Å². The summed E-state index contributed by atoms with van der Waals surface area (Å²) in [5.41, 5.74) is 1.41. The van der Waals surface area contributed by atoms with E-state index in [1.165, 1.54) is 29.1 Å². The highest BCUT2D eigenvalue weighted by Crippen LogP contribution is 2.31. The summed E-state index contributed by atoms with van der Waals surface area (Å²) in [5, 5.41) is 0. The van der Waals surface area contributed by atoms with Crippen molar-refractivity contribution in [2.45, 2.75) is 36.4 Å². The van der Waals surface area contributed by atoms with Crippen molar-refractivity contribution in [2.24, 2.45) is 0 Å². The van der Waals surface area contributed by atoms with Crippen LogP contribution in [-0.2, 0) is 0 Å². The second kappa shape index (κ2) is 6.52. The van der Waals surface area contributed by atoms with E-state index in [0.717, 1.165) is 0 Å². The summed E-state index contributed by atoms with van der Waals surface area (Å²) < 4.78 is 0. The van der Waals surface area contributed by atoms with E-state index in [0.29, 0.717) is 4.83 Å². The molecule has 1 aromatic carbocycles. The van der Waals surface area contributed by atoms with Gasteiger partial charge in [-0.1, -0.05) is 47.5 Å². The van der Waals surface area contributed by atoms with E-state index in [4.69, 9.17) is 0 Å². The molecular formula is C12H17BrS. The molecule has 0 aliphatic heterocycles. The van der Waals surface area contributed by atoms with Crippen LogP contribution in [0.15, 0.2) is 29.2 Å². The molecule has 0 heterocycles. The highest BCUT2D eigenvalue weighted by Gasteiger charge is 2.06. The van der Waals surface area contributed by atoms with Gasteiger partial charge in [0.2, 0.25) is 0 Å². The lowest BCUT2D eigenvalue weighted by atomic mass is 10.2. The normalized spacial score (nSPS) is 12.8. The lowest BCUT2D eigenvalue weighted by Gasteiger charge is -2.10. The van der Waals surface area contributed by atoms with E-state index < -0.39 is 0 Å². The fourth-order valence-corrected chi connectivity index (χ4v) is 3.06. The Bertz CT molecular complexity index is 271. The van der Waals surface area contributed by atoms with Crippen LogP contribution in [0, 0.1) is 0 Å². The zero-order chi connectivity index (χ0) is 10.4. The first kappa shape index (κ1) is 12.1. The number of unbranched alkanes of at least 4 members (excludes halogenated alkanes) is 1. The summed E-state index contributed by atoms with van der Waals surface area (Å²) in [6, 6.07) is 8.64. The molecule has 0 aliphatic rings. The minimum atomic E-state index is 0.452. The molecule has 0 aliphatic carbocycles. The van der Waals surface area contributed by atoms with Gasteiger partial charge in [-0.15, -0.1) is 11.8 Å². The SMILES string of the molecule is CCCCSc1ccccc1C(C)Br. The van der Waals surface area contributed by atoms with Gasteiger partial charge in [0.1, 0.15) is 0 Å². The Morgan fingerprint density at radius 2 is 2.07 bits per heavy atom.